The Morgan fingerprint density at radius 1 is 1.50 bits per heavy atom. The van der Waals surface area contributed by atoms with Gasteiger partial charge in [0.2, 0.25) is 0 Å². The van der Waals surface area contributed by atoms with E-state index in [0.717, 1.165) is 0 Å². The molecule has 0 aliphatic heterocycles. The van der Waals surface area contributed by atoms with Crippen LogP contribution in [0.1, 0.15) is 0 Å². The molecule has 0 radical (unpaired) electrons. The fourth-order valence-corrected chi connectivity index (χ4v) is 0.863. The molecule has 0 amide bonds. The van der Waals surface area contributed by atoms with Crippen LogP contribution in [0, 0.1) is 0 Å². The van der Waals surface area contributed by atoms with Gasteiger partial charge >= 0.3 is 11.5 Å². The highest BCUT2D eigenvalue weighted by Crippen LogP contribution is 2.57. The van der Waals surface area contributed by atoms with Crippen molar-refractivity contribution in [3.8, 4) is 0 Å². The summed E-state index contributed by atoms with van der Waals surface area (Å²) in [6, 6.07) is 0. The minimum Gasteiger partial charge on any atom is -0.289 e. The first-order chi connectivity index (χ1) is 4.21. The van der Waals surface area contributed by atoms with Gasteiger partial charge in [-0.25, -0.2) is 4.57 Å². The highest BCUT2D eigenvalue weighted by atomic mass is 127. The van der Waals surface area contributed by atoms with Crippen LogP contribution in [0.4, 0.5) is 17.4 Å². The normalized spacial score (nSPS) is 18.5. The van der Waals surface area contributed by atoms with Crippen LogP contribution in [0.15, 0.2) is 0 Å². The Bertz CT molecular complexity index is 150. The summed E-state index contributed by atoms with van der Waals surface area (Å²) in [5.41, 5.74) is 0. The number of hydrogen-bond acceptors (Lipinski definition) is 2. The van der Waals surface area contributed by atoms with Crippen molar-refractivity contribution in [2.24, 2.45) is 0 Å². The summed E-state index contributed by atoms with van der Waals surface area (Å²) in [6.07, 6.45) is -4.63. The van der Waals surface area contributed by atoms with Crippen molar-refractivity contribution in [3.63, 3.8) is 0 Å². The molecular formula is C2H2F4IO2P. The molecule has 0 aromatic rings. The first kappa shape index (κ1) is 10.6. The highest BCUT2D eigenvalue weighted by Gasteiger charge is 2.32. The lowest BCUT2D eigenvalue weighted by atomic mass is 10.7. The second kappa shape index (κ2) is 3.36. The van der Waals surface area contributed by atoms with Gasteiger partial charge in [0.1, 0.15) is 0 Å². The molecule has 10 heavy (non-hydrogen) atoms. The minimum atomic E-state index is -4.63. The summed E-state index contributed by atoms with van der Waals surface area (Å²) in [5, 5.41) is -4.51. The zero-order chi connectivity index (χ0) is 8.41. The van der Waals surface area contributed by atoms with E-state index in [9.17, 15) is 21.9 Å². The Labute approximate surface area is 67.0 Å². The quantitative estimate of drug-likeness (QED) is 0.444. The largest absolute Gasteiger partial charge is 0.425 e. The van der Waals surface area contributed by atoms with E-state index in [4.69, 9.17) is 0 Å². The van der Waals surface area contributed by atoms with Gasteiger partial charge in [-0.2, -0.15) is 13.2 Å². The van der Waals surface area contributed by atoms with Gasteiger partial charge in [-0.05, 0) is 0 Å². The number of hydrogen-bond donors (Lipinski definition) is 0. The van der Waals surface area contributed by atoms with Crippen LogP contribution in [0.2, 0.25) is 0 Å². The van der Waals surface area contributed by atoms with Gasteiger partial charge in [0.15, 0.2) is 6.61 Å². The molecule has 0 N–H and O–H groups in total. The van der Waals surface area contributed by atoms with Crippen LogP contribution in [-0.2, 0) is 9.09 Å². The van der Waals surface area contributed by atoms with Crippen LogP contribution >= 0.6 is 27.4 Å². The van der Waals surface area contributed by atoms with Crippen molar-refractivity contribution >= 4 is 27.4 Å². The van der Waals surface area contributed by atoms with Gasteiger partial charge < -0.3 is 0 Å². The lowest BCUT2D eigenvalue weighted by Gasteiger charge is -2.05. The first-order valence-corrected chi connectivity index (χ1v) is 6.21. The first-order valence-electron chi connectivity index (χ1n) is 1.91. The molecule has 62 valence electrons. The van der Waals surface area contributed by atoms with Crippen molar-refractivity contribution in [1.82, 2.24) is 0 Å². The average molecular weight is 292 g/mol. The molecule has 0 heterocycles. The maximum absolute atomic E-state index is 11.7. The topological polar surface area (TPSA) is 26.3 Å². The van der Waals surface area contributed by atoms with Crippen LogP contribution in [-0.4, -0.2) is 12.8 Å². The summed E-state index contributed by atoms with van der Waals surface area (Å²) in [4.78, 5) is 0. The SMILES string of the molecule is O=P(F)(I)OCC(F)(F)F. The van der Waals surface area contributed by atoms with Gasteiger partial charge in [0, 0.05) is 0 Å². The molecule has 0 aliphatic rings. The van der Waals surface area contributed by atoms with Crippen LogP contribution < -0.4 is 0 Å². The molecule has 1 unspecified atom stereocenters. The van der Waals surface area contributed by atoms with Gasteiger partial charge in [-0.15, -0.1) is 4.20 Å². The summed E-state index contributed by atoms with van der Waals surface area (Å²) in [6.45, 7) is -1.82. The molecule has 2 nitrogen and oxygen atoms in total. The molecule has 0 aromatic carbocycles. The van der Waals surface area contributed by atoms with E-state index in [1.54, 1.807) is 0 Å². The summed E-state index contributed by atoms with van der Waals surface area (Å²) in [5.74, 6) is 0. The molecule has 0 spiro atoms. The van der Waals surface area contributed by atoms with E-state index in [1.807, 2.05) is 0 Å². The third-order valence-corrected chi connectivity index (χ3v) is 1.64. The second-order valence-electron chi connectivity index (χ2n) is 1.30. The maximum Gasteiger partial charge on any atom is 0.425 e. The average Bonchev–Trinajstić information content (AvgIpc) is 1.57. The second-order valence-corrected chi connectivity index (χ2v) is 5.85. The standard InChI is InChI=1S/C2H2F4IO2P/c3-2(4,5)1-9-10(6,7)8/h1H2. The van der Waals surface area contributed by atoms with Crippen molar-refractivity contribution in [2.75, 3.05) is 6.61 Å². The summed E-state index contributed by atoms with van der Waals surface area (Å²) < 4.78 is 58.5. The Hall–Kier alpha value is 0.640. The molecule has 0 rings (SSSR count). The van der Waals surface area contributed by atoms with E-state index >= 15 is 0 Å². The number of halogens is 5. The van der Waals surface area contributed by atoms with Crippen molar-refractivity contribution < 1.29 is 26.5 Å². The van der Waals surface area contributed by atoms with E-state index in [1.165, 1.54) is 0 Å². The van der Waals surface area contributed by atoms with Crippen molar-refractivity contribution in [3.05, 3.63) is 0 Å². The Morgan fingerprint density at radius 3 is 2.00 bits per heavy atom. The third-order valence-electron chi connectivity index (χ3n) is 0.379. The van der Waals surface area contributed by atoms with Crippen LogP contribution in [0.3, 0.4) is 0 Å². The molecule has 0 saturated heterocycles. The summed E-state index contributed by atoms with van der Waals surface area (Å²) in [7, 11) is 0. The third kappa shape index (κ3) is 8.64. The molecule has 8 heteroatoms. The van der Waals surface area contributed by atoms with E-state index in [-0.39, 0.29) is 0 Å². The van der Waals surface area contributed by atoms with Gasteiger partial charge in [-0.1, -0.05) is 0 Å². The molecule has 0 fully saturated rings. The zero-order valence-electron chi connectivity index (χ0n) is 4.36. The molecule has 0 saturated carbocycles. The van der Waals surface area contributed by atoms with Crippen molar-refractivity contribution in [1.29, 1.82) is 0 Å². The fraction of sp³-hybridized carbons (Fsp3) is 1.00. The lowest BCUT2D eigenvalue weighted by Crippen LogP contribution is -2.14. The molecule has 0 aliphatic carbocycles. The van der Waals surface area contributed by atoms with E-state index in [2.05, 4.69) is 4.52 Å². The van der Waals surface area contributed by atoms with Gasteiger partial charge in [0.25, 0.3) is 0 Å². The van der Waals surface area contributed by atoms with Gasteiger partial charge in [-0.3, -0.25) is 4.52 Å². The van der Waals surface area contributed by atoms with Gasteiger partial charge in [0.05, 0.1) is 22.0 Å². The molecule has 0 aromatic heterocycles. The Balaban J connectivity index is 3.67. The minimum absolute atomic E-state index is 0.683. The predicted octanol–water partition coefficient (Wildman–Crippen LogP) is 3.08. The highest BCUT2D eigenvalue weighted by molar-refractivity contribution is 14.2. The van der Waals surface area contributed by atoms with E-state index in [0.29, 0.717) is 22.0 Å². The van der Waals surface area contributed by atoms with Crippen LogP contribution in [0.25, 0.3) is 0 Å². The molecule has 0 bridgehead atoms. The number of rotatable bonds is 2. The zero-order valence-corrected chi connectivity index (χ0v) is 7.41. The monoisotopic (exact) mass is 292 g/mol. The fourth-order valence-electron chi connectivity index (χ4n) is 0.148. The summed E-state index contributed by atoms with van der Waals surface area (Å²) >= 11 is 0.683. The lowest BCUT2D eigenvalue weighted by molar-refractivity contribution is -0.153. The maximum atomic E-state index is 11.7. The smallest absolute Gasteiger partial charge is 0.289 e. The number of alkyl halides is 3. The Morgan fingerprint density at radius 2 is 1.90 bits per heavy atom. The molecule has 1 atom stereocenters. The van der Waals surface area contributed by atoms with E-state index < -0.39 is 18.1 Å². The molecular weight excluding hydrogens is 290 g/mol. The van der Waals surface area contributed by atoms with Crippen LogP contribution in [0.5, 0.6) is 0 Å². The predicted molar refractivity (Wildman–Crippen MR) is 34.7 cm³/mol. The van der Waals surface area contributed by atoms with Crippen molar-refractivity contribution in [2.45, 2.75) is 6.18 Å². The Kier molecular flexibility index (Phi) is 3.57.